The van der Waals surface area contributed by atoms with E-state index < -0.39 is 48.4 Å². The Morgan fingerprint density at radius 2 is 1.69 bits per heavy atom. The van der Waals surface area contributed by atoms with Crippen molar-refractivity contribution in [3.63, 3.8) is 0 Å². The van der Waals surface area contributed by atoms with Gasteiger partial charge in [0.1, 0.15) is 38.1 Å². The van der Waals surface area contributed by atoms with Crippen LogP contribution in [0.2, 0.25) is 0 Å². The van der Waals surface area contributed by atoms with Gasteiger partial charge in [0.2, 0.25) is 5.91 Å². The number of esters is 3. The van der Waals surface area contributed by atoms with Gasteiger partial charge < -0.3 is 33.7 Å². The van der Waals surface area contributed by atoms with Gasteiger partial charge in [-0.05, 0) is 5.56 Å². The fraction of sp³-hybridized carbons (Fsp3) is 0.583. The molecule has 1 amide bonds. The van der Waals surface area contributed by atoms with Crippen LogP contribution in [0, 0.1) is 5.92 Å². The van der Waals surface area contributed by atoms with Crippen LogP contribution in [-0.4, -0.2) is 74.8 Å². The van der Waals surface area contributed by atoms with Gasteiger partial charge in [-0.15, -0.1) is 0 Å². The van der Waals surface area contributed by atoms with E-state index in [1.165, 1.54) is 20.8 Å². The van der Waals surface area contributed by atoms with Crippen LogP contribution in [0.25, 0.3) is 0 Å². The topological polar surface area (TPSA) is 136 Å². The second-order valence-electron chi connectivity index (χ2n) is 8.07. The van der Waals surface area contributed by atoms with Crippen LogP contribution >= 0.6 is 0 Å². The van der Waals surface area contributed by atoms with Gasteiger partial charge in [-0.25, -0.2) is 4.79 Å². The molecule has 11 nitrogen and oxygen atoms in total. The molecule has 35 heavy (non-hydrogen) atoms. The minimum atomic E-state index is -1.02. The van der Waals surface area contributed by atoms with E-state index in [1.807, 2.05) is 30.3 Å². The summed E-state index contributed by atoms with van der Waals surface area (Å²) in [4.78, 5) is 46.6. The molecule has 2 rings (SSSR count). The lowest BCUT2D eigenvalue weighted by Gasteiger charge is -2.44. The molecule has 1 N–H and O–H groups in total. The molecule has 194 valence electrons. The van der Waals surface area contributed by atoms with Crippen LogP contribution in [0.5, 0.6) is 0 Å². The summed E-state index contributed by atoms with van der Waals surface area (Å²) in [6.45, 7) is 5.46. The summed E-state index contributed by atoms with van der Waals surface area (Å²) in [5, 5.41) is 2.71. The lowest BCUT2D eigenvalue weighted by Crippen LogP contribution is -2.63. The van der Waals surface area contributed by atoms with Crippen molar-refractivity contribution in [3.8, 4) is 0 Å². The van der Waals surface area contributed by atoms with E-state index in [-0.39, 0.29) is 38.9 Å². The predicted octanol–water partition coefficient (Wildman–Crippen LogP) is 1.12. The Morgan fingerprint density at radius 1 is 0.971 bits per heavy atom. The number of hydrogen-bond donors (Lipinski definition) is 1. The van der Waals surface area contributed by atoms with E-state index in [1.54, 1.807) is 6.92 Å². The number of hydrogen-bond acceptors (Lipinski definition) is 10. The first-order valence-electron chi connectivity index (χ1n) is 11.3. The monoisotopic (exact) mass is 495 g/mol. The molecule has 1 aromatic carbocycles. The third-order valence-corrected chi connectivity index (χ3v) is 5.16. The van der Waals surface area contributed by atoms with Crippen molar-refractivity contribution in [2.45, 2.75) is 58.8 Å². The van der Waals surface area contributed by atoms with Gasteiger partial charge in [-0.2, -0.15) is 0 Å². The summed E-state index contributed by atoms with van der Waals surface area (Å²) in [5.74, 6) is -2.33. The van der Waals surface area contributed by atoms with Gasteiger partial charge in [0.15, 0.2) is 6.29 Å². The zero-order chi connectivity index (χ0) is 25.8. The summed E-state index contributed by atoms with van der Waals surface area (Å²) < 4.78 is 32.7. The first-order valence-corrected chi connectivity index (χ1v) is 11.3. The number of amides is 1. The fourth-order valence-corrected chi connectivity index (χ4v) is 3.52. The van der Waals surface area contributed by atoms with Gasteiger partial charge in [-0.3, -0.25) is 14.4 Å². The van der Waals surface area contributed by atoms with Gasteiger partial charge in [0, 0.05) is 26.7 Å². The molecular formula is C24H33NO10. The van der Waals surface area contributed by atoms with Crippen LogP contribution in [0.1, 0.15) is 33.3 Å². The predicted molar refractivity (Wildman–Crippen MR) is 121 cm³/mol. The molecule has 1 heterocycles. The van der Waals surface area contributed by atoms with Crippen molar-refractivity contribution < 1.29 is 47.6 Å². The van der Waals surface area contributed by atoms with Crippen molar-refractivity contribution in [3.05, 3.63) is 35.9 Å². The van der Waals surface area contributed by atoms with Crippen molar-refractivity contribution in [2.75, 3.05) is 26.4 Å². The lowest BCUT2D eigenvalue weighted by molar-refractivity contribution is -0.261. The van der Waals surface area contributed by atoms with Crippen LogP contribution < -0.4 is 5.32 Å². The molecule has 0 spiro atoms. The van der Waals surface area contributed by atoms with E-state index in [2.05, 4.69) is 5.32 Å². The molecular weight excluding hydrogens is 462 g/mol. The van der Waals surface area contributed by atoms with Gasteiger partial charge in [0.05, 0.1) is 13.2 Å². The Kier molecular flexibility index (Phi) is 11.6. The maximum Gasteiger partial charge on any atom is 0.332 e. The Labute approximate surface area is 204 Å². The van der Waals surface area contributed by atoms with Gasteiger partial charge in [-0.1, -0.05) is 37.3 Å². The number of nitrogens with one attached hydrogen (secondary N) is 1. The average molecular weight is 496 g/mol. The molecule has 1 aliphatic rings. The first kappa shape index (κ1) is 28.2. The maximum atomic E-state index is 11.9. The standard InChI is InChI=1S/C24H33NO10/c1-15-20(13-32-17(3)27)35-24(22(25-16(2)26)23(15)34-18(4)28)31-11-10-30-14-21(29)33-12-19-8-6-5-7-9-19/h5-9,15,20,22-24H,10-14H2,1-4H3,(H,25,26)/t15-,20+,22+,23-,24+/m0/s1. The minimum absolute atomic E-state index is 0.00811. The molecule has 0 saturated carbocycles. The molecule has 1 aromatic rings. The van der Waals surface area contributed by atoms with Gasteiger partial charge in [0.25, 0.3) is 0 Å². The van der Waals surface area contributed by atoms with Crippen LogP contribution in [0.15, 0.2) is 30.3 Å². The second-order valence-corrected chi connectivity index (χ2v) is 8.07. The summed E-state index contributed by atoms with van der Waals surface area (Å²) in [6.07, 6.45) is -2.45. The third-order valence-electron chi connectivity index (χ3n) is 5.16. The third kappa shape index (κ3) is 10.0. The molecule has 0 radical (unpaired) electrons. The summed E-state index contributed by atoms with van der Waals surface area (Å²) >= 11 is 0. The second kappa shape index (κ2) is 14.4. The van der Waals surface area contributed by atoms with E-state index in [4.69, 9.17) is 28.4 Å². The van der Waals surface area contributed by atoms with E-state index in [0.29, 0.717) is 0 Å². The van der Waals surface area contributed by atoms with E-state index >= 15 is 0 Å². The Morgan fingerprint density at radius 3 is 2.31 bits per heavy atom. The number of benzene rings is 1. The fourth-order valence-electron chi connectivity index (χ4n) is 3.52. The van der Waals surface area contributed by atoms with E-state index in [0.717, 1.165) is 5.56 Å². The van der Waals surface area contributed by atoms with Crippen molar-refractivity contribution in [1.82, 2.24) is 5.32 Å². The Bertz CT molecular complexity index is 846. The smallest absolute Gasteiger partial charge is 0.332 e. The molecule has 0 aromatic heterocycles. The molecule has 0 bridgehead atoms. The largest absolute Gasteiger partial charge is 0.463 e. The highest BCUT2D eigenvalue weighted by molar-refractivity contribution is 5.73. The van der Waals surface area contributed by atoms with Crippen LogP contribution in [0.3, 0.4) is 0 Å². The lowest BCUT2D eigenvalue weighted by atomic mass is 9.89. The SMILES string of the molecule is CC(=O)N[C@H]1[C@H](OCCOCC(=O)OCc2ccccc2)O[C@H](COC(C)=O)[C@H](C)[C@@H]1OC(C)=O. The summed E-state index contributed by atoms with van der Waals surface area (Å²) in [7, 11) is 0. The molecule has 1 saturated heterocycles. The quantitative estimate of drug-likeness (QED) is 0.255. The van der Waals surface area contributed by atoms with Crippen molar-refractivity contribution in [1.29, 1.82) is 0 Å². The average Bonchev–Trinajstić information content (AvgIpc) is 2.80. The molecule has 0 unspecified atom stereocenters. The molecule has 1 fully saturated rings. The number of rotatable bonds is 12. The summed E-state index contributed by atoms with van der Waals surface area (Å²) in [5.41, 5.74) is 0.863. The highest BCUT2D eigenvalue weighted by atomic mass is 16.7. The van der Waals surface area contributed by atoms with Gasteiger partial charge >= 0.3 is 17.9 Å². The highest BCUT2D eigenvalue weighted by Gasteiger charge is 2.47. The van der Waals surface area contributed by atoms with Crippen LogP contribution in [-0.2, 0) is 54.2 Å². The molecule has 11 heteroatoms. The maximum absolute atomic E-state index is 11.9. The first-order chi connectivity index (χ1) is 16.7. The normalized spacial score (nSPS) is 23.7. The zero-order valence-electron chi connectivity index (χ0n) is 20.4. The Balaban J connectivity index is 1.90. The number of ether oxygens (including phenoxy) is 6. The van der Waals surface area contributed by atoms with Crippen molar-refractivity contribution >= 4 is 23.8 Å². The van der Waals surface area contributed by atoms with Crippen LogP contribution in [0.4, 0.5) is 0 Å². The number of carbonyl (C=O) groups excluding carboxylic acids is 4. The summed E-state index contributed by atoms with van der Waals surface area (Å²) in [6, 6.07) is 8.45. The minimum Gasteiger partial charge on any atom is -0.463 e. The van der Waals surface area contributed by atoms with E-state index in [9.17, 15) is 19.2 Å². The Hall–Kier alpha value is -3.02. The zero-order valence-corrected chi connectivity index (χ0v) is 20.4. The number of carbonyl (C=O) groups is 4. The molecule has 1 aliphatic heterocycles. The molecule has 5 atom stereocenters. The molecule has 0 aliphatic carbocycles. The highest BCUT2D eigenvalue weighted by Crippen LogP contribution is 2.29. The van der Waals surface area contributed by atoms with Crippen molar-refractivity contribution in [2.24, 2.45) is 5.92 Å².